The van der Waals surface area contributed by atoms with Crippen molar-refractivity contribution in [3.63, 3.8) is 0 Å². The van der Waals surface area contributed by atoms with Gasteiger partial charge in [0.2, 0.25) is 5.95 Å². The number of imidazole rings is 1. The number of aryl methyl sites for hydroxylation is 2. The SMILES string of the molecule is Cc1ccc(/C=N\Nc2nc3c(c(=O)[nH]c(=O)n3C)n2Cc2cccc3ccccc23)cc1. The summed E-state index contributed by atoms with van der Waals surface area (Å²) < 4.78 is 3.08. The number of fused-ring (bicyclic) bond motifs is 2. The van der Waals surface area contributed by atoms with Crippen molar-refractivity contribution in [2.45, 2.75) is 13.5 Å². The predicted molar refractivity (Wildman–Crippen MR) is 131 cm³/mol. The fourth-order valence-electron chi connectivity index (χ4n) is 3.89. The lowest BCUT2D eigenvalue weighted by Gasteiger charge is -2.11. The van der Waals surface area contributed by atoms with Crippen LogP contribution in [0.5, 0.6) is 0 Å². The third kappa shape index (κ3) is 3.82. The monoisotopic (exact) mass is 438 g/mol. The first-order valence-electron chi connectivity index (χ1n) is 10.5. The summed E-state index contributed by atoms with van der Waals surface area (Å²) in [7, 11) is 1.58. The lowest BCUT2D eigenvalue weighted by molar-refractivity contribution is 0.811. The second-order valence-corrected chi connectivity index (χ2v) is 7.93. The van der Waals surface area contributed by atoms with Gasteiger partial charge >= 0.3 is 5.69 Å². The molecule has 0 fully saturated rings. The molecule has 0 unspecified atom stereocenters. The summed E-state index contributed by atoms with van der Waals surface area (Å²) in [5, 5.41) is 6.51. The van der Waals surface area contributed by atoms with E-state index in [0.717, 1.165) is 27.5 Å². The maximum absolute atomic E-state index is 12.8. The Morgan fingerprint density at radius 3 is 2.61 bits per heavy atom. The van der Waals surface area contributed by atoms with E-state index in [0.29, 0.717) is 18.0 Å². The molecule has 0 bridgehead atoms. The van der Waals surface area contributed by atoms with E-state index in [-0.39, 0.29) is 5.65 Å². The molecule has 33 heavy (non-hydrogen) atoms. The van der Waals surface area contributed by atoms with Gasteiger partial charge in [-0.1, -0.05) is 72.3 Å². The van der Waals surface area contributed by atoms with Gasteiger partial charge in [-0.3, -0.25) is 18.9 Å². The Hall–Kier alpha value is -4.46. The summed E-state index contributed by atoms with van der Waals surface area (Å²) in [5.74, 6) is 0.369. The van der Waals surface area contributed by atoms with Gasteiger partial charge in [-0.25, -0.2) is 10.2 Å². The molecule has 0 amide bonds. The van der Waals surface area contributed by atoms with E-state index in [4.69, 9.17) is 0 Å². The number of nitrogens with one attached hydrogen (secondary N) is 2. The summed E-state index contributed by atoms with van der Waals surface area (Å²) in [6.45, 7) is 2.40. The largest absolute Gasteiger partial charge is 0.329 e. The van der Waals surface area contributed by atoms with Crippen LogP contribution in [-0.2, 0) is 13.6 Å². The van der Waals surface area contributed by atoms with E-state index in [1.807, 2.05) is 73.7 Å². The van der Waals surface area contributed by atoms with Gasteiger partial charge in [0.1, 0.15) is 0 Å². The number of rotatable bonds is 5. The van der Waals surface area contributed by atoms with Crippen molar-refractivity contribution in [2.75, 3.05) is 5.43 Å². The Morgan fingerprint density at radius 1 is 1.03 bits per heavy atom. The highest BCUT2D eigenvalue weighted by Gasteiger charge is 2.18. The molecule has 0 aliphatic heterocycles. The van der Waals surface area contributed by atoms with Crippen molar-refractivity contribution < 1.29 is 0 Å². The number of H-pyrrole nitrogens is 1. The van der Waals surface area contributed by atoms with Crippen LogP contribution in [-0.4, -0.2) is 25.3 Å². The van der Waals surface area contributed by atoms with E-state index < -0.39 is 11.2 Å². The van der Waals surface area contributed by atoms with Gasteiger partial charge in [-0.2, -0.15) is 10.1 Å². The highest BCUT2D eigenvalue weighted by atomic mass is 16.2. The van der Waals surface area contributed by atoms with Gasteiger partial charge in [-0.15, -0.1) is 0 Å². The van der Waals surface area contributed by atoms with Crippen LogP contribution in [0.2, 0.25) is 0 Å². The van der Waals surface area contributed by atoms with Crippen molar-refractivity contribution >= 4 is 34.1 Å². The number of hydrogen-bond donors (Lipinski definition) is 2. The van der Waals surface area contributed by atoms with Crippen LogP contribution >= 0.6 is 0 Å². The molecule has 0 aliphatic rings. The molecule has 0 saturated carbocycles. The molecule has 5 rings (SSSR count). The van der Waals surface area contributed by atoms with Crippen LogP contribution in [0, 0.1) is 6.92 Å². The fraction of sp³-hybridized carbons (Fsp3) is 0.120. The van der Waals surface area contributed by atoms with Gasteiger partial charge in [-0.05, 0) is 28.8 Å². The number of aromatic amines is 1. The first kappa shape index (κ1) is 20.4. The number of hydrazone groups is 1. The first-order chi connectivity index (χ1) is 16.0. The average molecular weight is 438 g/mol. The van der Waals surface area contributed by atoms with Crippen molar-refractivity contribution in [1.82, 2.24) is 19.1 Å². The summed E-state index contributed by atoms with van der Waals surface area (Å²) in [4.78, 5) is 31.8. The number of anilines is 1. The number of nitrogens with zero attached hydrogens (tertiary/aromatic N) is 4. The van der Waals surface area contributed by atoms with Gasteiger partial charge in [0.05, 0.1) is 12.8 Å². The van der Waals surface area contributed by atoms with Gasteiger partial charge in [0.15, 0.2) is 11.2 Å². The molecule has 0 saturated heterocycles. The minimum Gasteiger partial charge on any atom is -0.298 e. The highest BCUT2D eigenvalue weighted by molar-refractivity contribution is 5.86. The normalized spacial score (nSPS) is 11.6. The molecular formula is C25H22N6O2. The van der Waals surface area contributed by atoms with Crippen LogP contribution < -0.4 is 16.7 Å². The van der Waals surface area contributed by atoms with Crippen LogP contribution in [0.1, 0.15) is 16.7 Å². The van der Waals surface area contributed by atoms with Crippen LogP contribution in [0.4, 0.5) is 5.95 Å². The fourth-order valence-corrected chi connectivity index (χ4v) is 3.89. The lowest BCUT2D eigenvalue weighted by Crippen LogP contribution is -2.29. The Balaban J connectivity index is 1.62. The summed E-state index contributed by atoms with van der Waals surface area (Å²) in [6.07, 6.45) is 1.68. The Morgan fingerprint density at radius 2 is 1.79 bits per heavy atom. The summed E-state index contributed by atoms with van der Waals surface area (Å²) >= 11 is 0. The molecule has 2 aromatic heterocycles. The van der Waals surface area contributed by atoms with E-state index in [1.165, 1.54) is 4.57 Å². The third-order valence-corrected chi connectivity index (χ3v) is 5.67. The van der Waals surface area contributed by atoms with Gasteiger partial charge in [0.25, 0.3) is 5.56 Å². The van der Waals surface area contributed by atoms with Crippen molar-refractivity contribution in [3.8, 4) is 0 Å². The van der Waals surface area contributed by atoms with Crippen molar-refractivity contribution in [3.05, 3.63) is 104 Å². The molecule has 0 radical (unpaired) electrons. The molecule has 0 aliphatic carbocycles. The van der Waals surface area contributed by atoms with E-state index in [2.05, 4.69) is 20.5 Å². The summed E-state index contributed by atoms with van der Waals surface area (Å²) in [5.41, 5.74) is 5.66. The number of hydrogen-bond acceptors (Lipinski definition) is 5. The Bertz CT molecular complexity index is 1620. The zero-order chi connectivity index (χ0) is 22.9. The third-order valence-electron chi connectivity index (χ3n) is 5.67. The maximum atomic E-state index is 12.8. The molecule has 3 aromatic carbocycles. The quantitative estimate of drug-likeness (QED) is 0.325. The molecule has 2 heterocycles. The molecule has 5 aromatic rings. The predicted octanol–water partition coefficient (Wildman–Crippen LogP) is 3.38. The number of aromatic nitrogens is 4. The van der Waals surface area contributed by atoms with E-state index in [1.54, 1.807) is 17.8 Å². The number of benzene rings is 3. The molecular weight excluding hydrogens is 416 g/mol. The van der Waals surface area contributed by atoms with Gasteiger partial charge < -0.3 is 0 Å². The standard InChI is InChI=1S/C25H22N6O2/c1-16-10-12-17(13-11-16)14-26-29-24-27-22-21(23(32)28-25(33)30(22)2)31(24)15-19-8-5-7-18-6-3-4-9-20(18)19/h3-14H,15H2,1-2H3,(H,27,29)(H,28,32,33)/b26-14-. The minimum absolute atomic E-state index is 0.289. The van der Waals surface area contributed by atoms with E-state index in [9.17, 15) is 9.59 Å². The van der Waals surface area contributed by atoms with Crippen molar-refractivity contribution in [1.29, 1.82) is 0 Å². The highest BCUT2D eigenvalue weighted by Crippen LogP contribution is 2.23. The molecule has 164 valence electrons. The molecule has 2 N–H and O–H groups in total. The Kier molecular flexibility index (Phi) is 5.10. The summed E-state index contributed by atoms with van der Waals surface area (Å²) in [6, 6.07) is 22.1. The zero-order valence-corrected chi connectivity index (χ0v) is 18.2. The first-order valence-corrected chi connectivity index (χ1v) is 10.5. The second kappa shape index (κ2) is 8.23. The molecule has 8 heteroatoms. The lowest BCUT2D eigenvalue weighted by atomic mass is 10.0. The Labute approximate surface area is 188 Å². The smallest absolute Gasteiger partial charge is 0.298 e. The van der Waals surface area contributed by atoms with Crippen LogP contribution in [0.15, 0.2) is 81.4 Å². The van der Waals surface area contributed by atoms with Gasteiger partial charge in [0, 0.05) is 7.05 Å². The molecule has 0 atom stereocenters. The maximum Gasteiger partial charge on any atom is 0.329 e. The second-order valence-electron chi connectivity index (χ2n) is 7.93. The van der Waals surface area contributed by atoms with Crippen molar-refractivity contribution in [2.24, 2.45) is 12.1 Å². The zero-order valence-electron chi connectivity index (χ0n) is 18.2. The van der Waals surface area contributed by atoms with Crippen LogP contribution in [0.25, 0.3) is 21.9 Å². The topological polar surface area (TPSA) is 97.1 Å². The molecule has 0 spiro atoms. The minimum atomic E-state index is -0.517. The van der Waals surface area contributed by atoms with E-state index >= 15 is 0 Å². The average Bonchev–Trinajstić information content (AvgIpc) is 3.18. The van der Waals surface area contributed by atoms with Crippen LogP contribution in [0.3, 0.4) is 0 Å². The molecule has 8 nitrogen and oxygen atoms in total.